The van der Waals surface area contributed by atoms with Crippen LogP contribution in [0.15, 0.2) is 53.6 Å². The monoisotopic (exact) mass is 298 g/mol. The van der Waals surface area contributed by atoms with Crippen molar-refractivity contribution in [3.63, 3.8) is 0 Å². The molecule has 0 saturated carbocycles. The second kappa shape index (κ2) is 7.44. The summed E-state index contributed by atoms with van der Waals surface area (Å²) in [6.45, 7) is 10.4. The van der Waals surface area contributed by atoms with Crippen LogP contribution < -0.4 is 0 Å². The first-order valence-corrected chi connectivity index (χ1v) is 8.09. The molecule has 2 atom stereocenters. The molecule has 0 heterocycles. The largest absolute Gasteiger partial charge is 0.459 e. The summed E-state index contributed by atoms with van der Waals surface area (Å²) in [5.41, 5.74) is 4.87. The summed E-state index contributed by atoms with van der Waals surface area (Å²) in [6.07, 6.45) is 4.15. The van der Waals surface area contributed by atoms with Crippen LogP contribution >= 0.6 is 0 Å². The number of benzene rings is 1. The predicted octanol–water partition coefficient (Wildman–Crippen LogP) is 5.31. The molecule has 0 fully saturated rings. The summed E-state index contributed by atoms with van der Waals surface area (Å²) in [5, 5.41) is 0. The van der Waals surface area contributed by atoms with Gasteiger partial charge in [0.25, 0.3) is 0 Å². The molecule has 0 radical (unpaired) electrons. The average Bonchev–Trinajstić information content (AvgIpc) is 2.87. The van der Waals surface area contributed by atoms with Crippen LogP contribution in [0.3, 0.4) is 0 Å². The van der Waals surface area contributed by atoms with E-state index in [2.05, 4.69) is 20.4 Å². The topological polar surface area (TPSA) is 26.3 Å². The van der Waals surface area contributed by atoms with Crippen LogP contribution in [0.5, 0.6) is 0 Å². The Balaban J connectivity index is 1.88. The molecule has 0 unspecified atom stereocenters. The van der Waals surface area contributed by atoms with Crippen LogP contribution in [-0.4, -0.2) is 12.1 Å². The van der Waals surface area contributed by atoms with Crippen molar-refractivity contribution in [1.82, 2.24) is 0 Å². The van der Waals surface area contributed by atoms with Crippen LogP contribution in [0.25, 0.3) is 0 Å². The van der Waals surface area contributed by atoms with Crippen molar-refractivity contribution in [1.29, 1.82) is 0 Å². The average molecular weight is 298 g/mol. The predicted molar refractivity (Wildman–Crippen MR) is 90.8 cm³/mol. The van der Waals surface area contributed by atoms with E-state index in [1.165, 1.54) is 29.6 Å². The molecule has 0 amide bonds. The van der Waals surface area contributed by atoms with Gasteiger partial charge >= 0.3 is 5.97 Å². The normalized spacial score (nSPS) is 19.1. The molecule has 0 aliphatic heterocycles. The molecule has 118 valence electrons. The summed E-state index contributed by atoms with van der Waals surface area (Å²) in [5.74, 6) is 0.290. The van der Waals surface area contributed by atoms with E-state index >= 15 is 0 Å². The number of ether oxygens (including phenoxy) is 1. The number of esters is 1. The van der Waals surface area contributed by atoms with Gasteiger partial charge in [-0.1, -0.05) is 41.5 Å². The Labute approximate surface area is 133 Å². The van der Waals surface area contributed by atoms with E-state index in [-0.39, 0.29) is 12.1 Å². The van der Waals surface area contributed by atoms with Gasteiger partial charge in [-0.25, -0.2) is 4.79 Å². The second-order valence-corrected chi connectivity index (χ2v) is 6.36. The minimum atomic E-state index is -0.235. The summed E-state index contributed by atoms with van der Waals surface area (Å²) < 4.78 is 5.54. The third-order valence-electron chi connectivity index (χ3n) is 4.51. The van der Waals surface area contributed by atoms with E-state index in [1.807, 2.05) is 25.1 Å². The number of allylic oxidation sites excluding steroid dienone is 3. The molecule has 2 nitrogen and oxygen atoms in total. The van der Waals surface area contributed by atoms with Gasteiger partial charge in [-0.15, -0.1) is 0 Å². The lowest BCUT2D eigenvalue weighted by molar-refractivity contribution is 0.0324. The lowest BCUT2D eigenvalue weighted by atomic mass is 9.90. The summed E-state index contributed by atoms with van der Waals surface area (Å²) in [6, 6.07) is 9.18. The molecule has 0 N–H and O–H groups in total. The molecule has 22 heavy (non-hydrogen) atoms. The fourth-order valence-corrected chi connectivity index (χ4v) is 3.17. The van der Waals surface area contributed by atoms with E-state index in [0.717, 1.165) is 12.8 Å². The first-order chi connectivity index (χ1) is 10.5. The summed E-state index contributed by atoms with van der Waals surface area (Å²) in [4.78, 5) is 12.0. The zero-order valence-electron chi connectivity index (χ0n) is 13.9. The number of rotatable bonds is 6. The highest BCUT2D eigenvalue weighted by atomic mass is 16.5. The Morgan fingerprint density at radius 1 is 1.36 bits per heavy atom. The lowest BCUT2D eigenvalue weighted by Gasteiger charge is -2.18. The fraction of sp³-hybridized carbons (Fsp3) is 0.450. The van der Waals surface area contributed by atoms with Crippen molar-refractivity contribution in [2.45, 2.75) is 52.6 Å². The number of carbonyl (C=O) groups excluding carboxylic acids is 1. The molecule has 1 aliphatic rings. The van der Waals surface area contributed by atoms with Gasteiger partial charge in [0.2, 0.25) is 0 Å². The van der Waals surface area contributed by atoms with E-state index in [4.69, 9.17) is 4.74 Å². The van der Waals surface area contributed by atoms with Gasteiger partial charge < -0.3 is 4.74 Å². The molecule has 0 bridgehead atoms. The molecule has 0 spiro atoms. The van der Waals surface area contributed by atoms with Crippen LogP contribution in [0.4, 0.5) is 0 Å². The standard InChI is InChI=1S/C20H26O2/c1-14(2)18-12-10-15(3)19(18)13-11-16(4)22-20(21)17-8-6-5-7-9-17/h5-9,16,18H,1,10-13H2,2-4H3/t16-,18+/m1/s1. The Morgan fingerprint density at radius 3 is 2.68 bits per heavy atom. The van der Waals surface area contributed by atoms with Gasteiger partial charge in [-0.05, 0) is 58.6 Å². The maximum absolute atomic E-state index is 12.0. The molecule has 0 saturated heterocycles. The van der Waals surface area contributed by atoms with Crippen molar-refractivity contribution in [2.24, 2.45) is 5.92 Å². The Kier molecular flexibility index (Phi) is 5.59. The first kappa shape index (κ1) is 16.5. The first-order valence-electron chi connectivity index (χ1n) is 8.09. The maximum atomic E-state index is 12.0. The fourth-order valence-electron chi connectivity index (χ4n) is 3.17. The highest BCUT2D eigenvalue weighted by Gasteiger charge is 2.24. The van der Waals surface area contributed by atoms with Gasteiger partial charge in [0.15, 0.2) is 0 Å². The third kappa shape index (κ3) is 4.09. The van der Waals surface area contributed by atoms with Crippen molar-refractivity contribution in [3.05, 3.63) is 59.2 Å². The van der Waals surface area contributed by atoms with Gasteiger partial charge in [0.05, 0.1) is 11.7 Å². The van der Waals surface area contributed by atoms with Crippen molar-refractivity contribution < 1.29 is 9.53 Å². The van der Waals surface area contributed by atoms with E-state index in [9.17, 15) is 4.79 Å². The Morgan fingerprint density at radius 2 is 2.05 bits per heavy atom. The Hall–Kier alpha value is -1.83. The van der Waals surface area contributed by atoms with Crippen LogP contribution in [0.1, 0.15) is 56.8 Å². The highest BCUT2D eigenvalue weighted by molar-refractivity contribution is 5.89. The van der Waals surface area contributed by atoms with Crippen molar-refractivity contribution in [3.8, 4) is 0 Å². The number of carbonyl (C=O) groups is 1. The van der Waals surface area contributed by atoms with Crippen LogP contribution in [-0.2, 0) is 4.74 Å². The minimum absolute atomic E-state index is 0.0700. The molecule has 0 aromatic heterocycles. The quantitative estimate of drug-likeness (QED) is 0.525. The smallest absolute Gasteiger partial charge is 0.338 e. The molecular formula is C20H26O2. The summed E-state index contributed by atoms with van der Waals surface area (Å²) in [7, 11) is 0. The number of hydrogen-bond donors (Lipinski definition) is 0. The Bertz CT molecular complexity index is 569. The van der Waals surface area contributed by atoms with Gasteiger partial charge in [0.1, 0.15) is 0 Å². The highest BCUT2D eigenvalue weighted by Crippen LogP contribution is 2.38. The third-order valence-corrected chi connectivity index (χ3v) is 4.51. The van der Waals surface area contributed by atoms with E-state index in [0.29, 0.717) is 11.5 Å². The van der Waals surface area contributed by atoms with Gasteiger partial charge in [-0.3, -0.25) is 0 Å². The molecule has 1 aromatic rings. The van der Waals surface area contributed by atoms with Gasteiger partial charge in [-0.2, -0.15) is 0 Å². The zero-order chi connectivity index (χ0) is 16.1. The van der Waals surface area contributed by atoms with Crippen molar-refractivity contribution in [2.75, 3.05) is 0 Å². The zero-order valence-corrected chi connectivity index (χ0v) is 13.9. The van der Waals surface area contributed by atoms with Crippen LogP contribution in [0, 0.1) is 5.92 Å². The molecule has 1 aromatic carbocycles. The molecule has 2 rings (SSSR count). The van der Waals surface area contributed by atoms with E-state index < -0.39 is 0 Å². The number of hydrogen-bond acceptors (Lipinski definition) is 2. The van der Waals surface area contributed by atoms with Crippen LogP contribution in [0.2, 0.25) is 0 Å². The van der Waals surface area contributed by atoms with Crippen molar-refractivity contribution >= 4 is 5.97 Å². The lowest BCUT2D eigenvalue weighted by Crippen LogP contribution is -2.16. The molecule has 1 aliphatic carbocycles. The molecular weight excluding hydrogens is 272 g/mol. The van der Waals surface area contributed by atoms with Gasteiger partial charge in [0, 0.05) is 5.92 Å². The second-order valence-electron chi connectivity index (χ2n) is 6.36. The van der Waals surface area contributed by atoms with E-state index in [1.54, 1.807) is 12.1 Å². The SMILES string of the molecule is C=C(C)[C@@H]1CCC(C)=C1CC[C@@H](C)OC(=O)c1ccccc1. The summed E-state index contributed by atoms with van der Waals surface area (Å²) >= 11 is 0. The molecule has 2 heteroatoms. The minimum Gasteiger partial charge on any atom is -0.459 e. The maximum Gasteiger partial charge on any atom is 0.338 e.